The smallest absolute Gasteiger partial charge is 0.243 e. The van der Waals surface area contributed by atoms with Gasteiger partial charge < -0.3 is 5.73 Å². The van der Waals surface area contributed by atoms with Gasteiger partial charge in [-0.3, -0.25) is 0 Å². The summed E-state index contributed by atoms with van der Waals surface area (Å²) in [7, 11) is -3.83. The second-order valence-corrected chi connectivity index (χ2v) is 7.06. The lowest BCUT2D eigenvalue weighted by atomic mass is 10.1. The molecule has 0 spiro atoms. The van der Waals surface area contributed by atoms with Crippen LogP contribution in [0.4, 0.5) is 4.39 Å². The summed E-state index contributed by atoms with van der Waals surface area (Å²) in [6.45, 7) is 2.56. The van der Waals surface area contributed by atoms with E-state index in [1.807, 2.05) is 6.92 Å². The molecule has 0 amide bonds. The van der Waals surface area contributed by atoms with Crippen molar-refractivity contribution in [2.45, 2.75) is 31.1 Å². The molecule has 1 aliphatic carbocycles. The van der Waals surface area contributed by atoms with Gasteiger partial charge in [-0.1, -0.05) is 18.8 Å². The molecule has 6 heteroatoms. The number of benzene rings is 1. The largest absolute Gasteiger partial charge is 0.320 e. The molecule has 114 valence electrons. The van der Waals surface area contributed by atoms with Gasteiger partial charge >= 0.3 is 0 Å². The molecule has 0 unspecified atom stereocenters. The van der Waals surface area contributed by atoms with Crippen molar-refractivity contribution in [3.8, 4) is 11.8 Å². The number of nitrogens with one attached hydrogen (secondary N) is 1. The summed E-state index contributed by atoms with van der Waals surface area (Å²) >= 11 is 0. The Bertz CT molecular complexity index is 685. The van der Waals surface area contributed by atoms with Crippen molar-refractivity contribution in [3.63, 3.8) is 0 Å². The molecule has 0 radical (unpaired) electrons. The van der Waals surface area contributed by atoms with Gasteiger partial charge in [0.25, 0.3) is 0 Å². The molecule has 0 heterocycles. The van der Waals surface area contributed by atoms with Crippen molar-refractivity contribution < 1.29 is 12.8 Å². The standard InChI is InChI=1S/C15H19FN2O2S/c1-2-15(7-8-15)11-18-21(19,20)14-6-5-12(4-3-9-17)10-13(14)16/h5-6,10,18H,2,7-9,11,17H2,1H3. The summed E-state index contributed by atoms with van der Waals surface area (Å²) in [5.74, 6) is 4.47. The van der Waals surface area contributed by atoms with Crippen LogP contribution < -0.4 is 10.5 Å². The van der Waals surface area contributed by atoms with Crippen molar-refractivity contribution in [2.75, 3.05) is 13.1 Å². The molecule has 0 saturated heterocycles. The van der Waals surface area contributed by atoms with Crippen LogP contribution in [0.1, 0.15) is 31.7 Å². The van der Waals surface area contributed by atoms with E-state index in [0.717, 1.165) is 25.3 Å². The Morgan fingerprint density at radius 1 is 1.43 bits per heavy atom. The minimum absolute atomic E-state index is 0.0656. The molecule has 3 N–H and O–H groups in total. The third kappa shape index (κ3) is 3.82. The molecule has 1 aliphatic rings. The lowest BCUT2D eigenvalue weighted by molar-refractivity contribution is 0.473. The first-order valence-electron chi connectivity index (χ1n) is 6.91. The molecule has 1 saturated carbocycles. The van der Waals surface area contributed by atoms with Crippen LogP contribution in [0, 0.1) is 23.1 Å². The Balaban J connectivity index is 2.16. The Hall–Kier alpha value is -1.42. The average molecular weight is 310 g/mol. The maximum atomic E-state index is 14.0. The predicted molar refractivity (Wildman–Crippen MR) is 79.5 cm³/mol. The fourth-order valence-electron chi connectivity index (χ4n) is 2.11. The van der Waals surface area contributed by atoms with Gasteiger partial charge in [-0.15, -0.1) is 0 Å². The molecular weight excluding hydrogens is 291 g/mol. The zero-order chi connectivity index (χ0) is 15.5. The van der Waals surface area contributed by atoms with Gasteiger partial charge in [-0.05, 0) is 42.9 Å². The van der Waals surface area contributed by atoms with E-state index in [1.54, 1.807) is 0 Å². The maximum Gasteiger partial charge on any atom is 0.243 e. The number of hydrogen-bond acceptors (Lipinski definition) is 3. The first-order valence-corrected chi connectivity index (χ1v) is 8.39. The molecule has 1 aromatic carbocycles. The van der Waals surface area contributed by atoms with Gasteiger partial charge in [0, 0.05) is 12.1 Å². The van der Waals surface area contributed by atoms with E-state index in [-0.39, 0.29) is 16.9 Å². The van der Waals surface area contributed by atoms with Crippen molar-refractivity contribution in [1.29, 1.82) is 0 Å². The highest BCUT2D eigenvalue weighted by Gasteiger charge is 2.41. The molecular formula is C15H19FN2O2S. The summed E-state index contributed by atoms with van der Waals surface area (Å²) in [5, 5.41) is 0. The Morgan fingerprint density at radius 3 is 2.67 bits per heavy atom. The van der Waals surface area contributed by atoms with Crippen molar-refractivity contribution >= 4 is 10.0 Å². The summed E-state index contributed by atoms with van der Waals surface area (Å²) in [5.41, 5.74) is 5.71. The number of halogens is 1. The summed E-state index contributed by atoms with van der Waals surface area (Å²) in [6.07, 6.45) is 2.95. The van der Waals surface area contributed by atoms with Crippen LogP contribution in [0.3, 0.4) is 0 Å². The fraction of sp³-hybridized carbons (Fsp3) is 0.467. The zero-order valence-corrected chi connectivity index (χ0v) is 12.8. The lowest BCUT2D eigenvalue weighted by Crippen LogP contribution is -2.30. The molecule has 21 heavy (non-hydrogen) atoms. The summed E-state index contributed by atoms with van der Waals surface area (Å²) < 4.78 is 40.8. The Kier molecular flexibility index (Phi) is 4.67. The second-order valence-electron chi connectivity index (χ2n) is 5.33. The van der Waals surface area contributed by atoms with E-state index in [2.05, 4.69) is 16.6 Å². The first-order chi connectivity index (χ1) is 9.92. The van der Waals surface area contributed by atoms with E-state index in [0.29, 0.717) is 12.1 Å². The Morgan fingerprint density at radius 2 is 2.14 bits per heavy atom. The van der Waals surface area contributed by atoms with Gasteiger partial charge in [0.05, 0.1) is 6.54 Å². The first kappa shape index (κ1) is 16.0. The Labute approximate surface area is 125 Å². The lowest BCUT2D eigenvalue weighted by Gasteiger charge is -2.14. The van der Waals surface area contributed by atoms with Crippen LogP contribution in [-0.2, 0) is 10.0 Å². The topological polar surface area (TPSA) is 72.2 Å². The summed E-state index contributed by atoms with van der Waals surface area (Å²) in [4.78, 5) is -0.340. The van der Waals surface area contributed by atoms with Gasteiger partial charge in [0.2, 0.25) is 10.0 Å². The number of sulfonamides is 1. The molecule has 4 nitrogen and oxygen atoms in total. The van der Waals surface area contributed by atoms with Crippen molar-refractivity contribution in [2.24, 2.45) is 11.1 Å². The fourth-order valence-corrected chi connectivity index (χ4v) is 3.32. The zero-order valence-electron chi connectivity index (χ0n) is 11.9. The van der Waals surface area contributed by atoms with Crippen molar-refractivity contribution in [3.05, 3.63) is 29.6 Å². The van der Waals surface area contributed by atoms with Crippen LogP contribution in [0.5, 0.6) is 0 Å². The van der Waals surface area contributed by atoms with E-state index in [4.69, 9.17) is 5.73 Å². The van der Waals surface area contributed by atoms with Crippen LogP contribution in [-0.4, -0.2) is 21.5 Å². The predicted octanol–water partition coefficient (Wildman–Crippen LogP) is 1.60. The normalized spacial score (nSPS) is 16.1. The molecule has 0 atom stereocenters. The highest BCUT2D eigenvalue weighted by Crippen LogP contribution is 2.48. The van der Waals surface area contributed by atoms with Crippen molar-refractivity contribution in [1.82, 2.24) is 4.72 Å². The van der Waals surface area contributed by atoms with Gasteiger partial charge in [-0.25, -0.2) is 17.5 Å². The monoisotopic (exact) mass is 310 g/mol. The third-order valence-corrected chi connectivity index (χ3v) is 5.33. The minimum atomic E-state index is -3.83. The number of hydrogen-bond donors (Lipinski definition) is 2. The molecule has 1 fully saturated rings. The maximum absolute atomic E-state index is 14.0. The molecule has 0 bridgehead atoms. The van der Waals surface area contributed by atoms with Crippen LogP contribution in [0.25, 0.3) is 0 Å². The molecule has 0 aliphatic heterocycles. The number of nitrogens with two attached hydrogens (primary N) is 1. The SMILES string of the molecule is CCC1(CNS(=O)(=O)c2ccc(C#CCN)cc2F)CC1. The van der Waals surface area contributed by atoms with Crippen LogP contribution >= 0.6 is 0 Å². The highest BCUT2D eigenvalue weighted by atomic mass is 32.2. The van der Waals surface area contributed by atoms with E-state index < -0.39 is 15.8 Å². The summed E-state index contributed by atoms with van der Waals surface area (Å²) in [6, 6.07) is 3.83. The van der Waals surface area contributed by atoms with E-state index in [1.165, 1.54) is 12.1 Å². The third-order valence-electron chi connectivity index (χ3n) is 3.90. The van der Waals surface area contributed by atoms with Gasteiger partial charge in [-0.2, -0.15) is 0 Å². The quantitative estimate of drug-likeness (QED) is 0.812. The average Bonchev–Trinajstić information content (AvgIpc) is 3.23. The molecule has 2 rings (SSSR count). The second kappa shape index (κ2) is 6.14. The minimum Gasteiger partial charge on any atom is -0.320 e. The van der Waals surface area contributed by atoms with E-state index >= 15 is 0 Å². The molecule has 0 aromatic heterocycles. The number of rotatable bonds is 5. The van der Waals surface area contributed by atoms with Gasteiger partial charge in [0.15, 0.2) is 0 Å². The van der Waals surface area contributed by atoms with Gasteiger partial charge in [0.1, 0.15) is 10.7 Å². The van der Waals surface area contributed by atoms with E-state index in [9.17, 15) is 12.8 Å². The molecule has 1 aromatic rings. The van der Waals surface area contributed by atoms with Crippen LogP contribution in [0.15, 0.2) is 23.1 Å². The highest BCUT2D eigenvalue weighted by molar-refractivity contribution is 7.89. The van der Waals surface area contributed by atoms with Crippen LogP contribution in [0.2, 0.25) is 0 Å².